The SMILES string of the molecule is CCOC(=O)[C@H]1[C@@H](NO)[C@@H]2c3ccccc3OC(C)(C)[C@H]2[C@H](O)[C@]12C(=O)Nc1ccc(Cl)cc12. The van der Waals surface area contributed by atoms with Crippen molar-refractivity contribution < 1.29 is 29.4 Å². The molecule has 3 aliphatic rings. The zero-order valence-electron chi connectivity index (χ0n) is 19.0. The van der Waals surface area contributed by atoms with Gasteiger partial charge in [-0.25, -0.2) is 5.48 Å². The maximum absolute atomic E-state index is 13.8. The maximum atomic E-state index is 13.8. The van der Waals surface area contributed by atoms with Crippen LogP contribution in [0.3, 0.4) is 0 Å². The highest BCUT2D eigenvalue weighted by Gasteiger charge is 2.72. The molecule has 1 fully saturated rings. The summed E-state index contributed by atoms with van der Waals surface area (Å²) in [6.45, 7) is 5.41. The van der Waals surface area contributed by atoms with Crippen LogP contribution in [0.1, 0.15) is 37.8 Å². The molecule has 2 aliphatic heterocycles. The Morgan fingerprint density at radius 1 is 1.26 bits per heavy atom. The Balaban J connectivity index is 1.82. The largest absolute Gasteiger partial charge is 0.487 e. The first-order valence-corrected chi connectivity index (χ1v) is 11.7. The van der Waals surface area contributed by atoms with Crippen molar-refractivity contribution in [1.29, 1.82) is 0 Å². The van der Waals surface area contributed by atoms with Crippen LogP contribution >= 0.6 is 11.6 Å². The molecule has 2 heterocycles. The molecule has 0 unspecified atom stereocenters. The smallest absolute Gasteiger partial charge is 0.312 e. The van der Waals surface area contributed by atoms with Crippen molar-refractivity contribution in [2.45, 2.75) is 49.9 Å². The average molecular weight is 487 g/mol. The van der Waals surface area contributed by atoms with E-state index < -0.39 is 52.8 Å². The summed E-state index contributed by atoms with van der Waals surface area (Å²) in [5, 5.41) is 25.8. The first-order chi connectivity index (χ1) is 16.2. The second-order valence-electron chi connectivity index (χ2n) is 9.64. The fourth-order valence-corrected chi connectivity index (χ4v) is 6.59. The summed E-state index contributed by atoms with van der Waals surface area (Å²) >= 11 is 6.31. The van der Waals surface area contributed by atoms with Gasteiger partial charge in [-0.05, 0) is 56.2 Å². The van der Waals surface area contributed by atoms with Crippen LogP contribution in [0.15, 0.2) is 42.5 Å². The van der Waals surface area contributed by atoms with E-state index in [0.29, 0.717) is 22.0 Å². The zero-order chi connectivity index (χ0) is 24.4. The van der Waals surface area contributed by atoms with E-state index in [4.69, 9.17) is 21.1 Å². The maximum Gasteiger partial charge on any atom is 0.312 e. The molecular weight excluding hydrogens is 460 g/mol. The number of aliphatic hydroxyl groups excluding tert-OH is 1. The van der Waals surface area contributed by atoms with Gasteiger partial charge in [0.1, 0.15) is 16.8 Å². The number of amides is 1. The molecule has 1 amide bonds. The Morgan fingerprint density at radius 2 is 2.00 bits per heavy atom. The number of carbonyl (C=O) groups is 2. The molecule has 1 spiro atoms. The summed E-state index contributed by atoms with van der Waals surface area (Å²) in [6.07, 6.45) is -1.36. The number of ether oxygens (including phenoxy) is 2. The highest BCUT2D eigenvalue weighted by molar-refractivity contribution is 6.31. The van der Waals surface area contributed by atoms with Crippen LogP contribution in [-0.2, 0) is 19.7 Å². The van der Waals surface area contributed by atoms with Gasteiger partial charge in [0.2, 0.25) is 5.91 Å². The van der Waals surface area contributed by atoms with E-state index in [9.17, 15) is 19.9 Å². The number of fused-ring (bicyclic) bond motifs is 5. The van der Waals surface area contributed by atoms with E-state index in [0.717, 1.165) is 5.56 Å². The Kier molecular flexibility index (Phi) is 5.40. The number of hydrogen-bond acceptors (Lipinski definition) is 7. The zero-order valence-corrected chi connectivity index (χ0v) is 19.8. The van der Waals surface area contributed by atoms with Gasteiger partial charge in [-0.15, -0.1) is 0 Å². The lowest BCUT2D eigenvalue weighted by Crippen LogP contribution is -2.72. The molecule has 8 nitrogen and oxygen atoms in total. The molecule has 0 aromatic heterocycles. The molecule has 2 aromatic rings. The number of para-hydroxylation sites is 1. The number of aliphatic hydroxyl groups is 1. The van der Waals surface area contributed by atoms with Crippen molar-refractivity contribution in [1.82, 2.24) is 5.48 Å². The summed E-state index contributed by atoms with van der Waals surface area (Å²) in [5.41, 5.74) is 1.20. The number of benzene rings is 2. The van der Waals surface area contributed by atoms with E-state index in [-0.39, 0.29) is 6.61 Å². The van der Waals surface area contributed by atoms with Gasteiger partial charge < -0.3 is 25.1 Å². The molecule has 180 valence electrons. The van der Waals surface area contributed by atoms with Crippen LogP contribution in [0.5, 0.6) is 5.75 Å². The van der Waals surface area contributed by atoms with Gasteiger partial charge in [0, 0.05) is 22.5 Å². The van der Waals surface area contributed by atoms with Crippen LogP contribution < -0.4 is 15.5 Å². The molecule has 1 saturated carbocycles. The number of esters is 1. The summed E-state index contributed by atoms with van der Waals surface area (Å²) in [7, 11) is 0. The number of halogens is 1. The third-order valence-corrected chi connectivity index (χ3v) is 7.86. The highest BCUT2D eigenvalue weighted by atomic mass is 35.5. The highest BCUT2D eigenvalue weighted by Crippen LogP contribution is 2.61. The molecular formula is C25H27ClN2O6. The first-order valence-electron chi connectivity index (χ1n) is 11.3. The fraction of sp³-hybridized carbons (Fsp3) is 0.440. The molecule has 0 radical (unpaired) electrons. The van der Waals surface area contributed by atoms with E-state index in [1.165, 1.54) is 0 Å². The van der Waals surface area contributed by atoms with Crippen LogP contribution in [0.25, 0.3) is 0 Å². The molecule has 6 atom stereocenters. The van der Waals surface area contributed by atoms with Crippen molar-refractivity contribution in [2.24, 2.45) is 11.8 Å². The number of hydroxylamine groups is 1. The van der Waals surface area contributed by atoms with Gasteiger partial charge in [-0.2, -0.15) is 0 Å². The minimum absolute atomic E-state index is 0.0724. The van der Waals surface area contributed by atoms with Gasteiger partial charge >= 0.3 is 5.97 Å². The molecule has 5 rings (SSSR count). The normalized spacial score (nSPS) is 32.8. The Bertz CT molecular complexity index is 1170. The molecule has 0 bridgehead atoms. The predicted octanol–water partition coefficient (Wildman–Crippen LogP) is 3.00. The number of hydrogen-bond donors (Lipinski definition) is 4. The summed E-state index contributed by atoms with van der Waals surface area (Å²) in [4.78, 5) is 27.3. The lowest BCUT2D eigenvalue weighted by atomic mass is 9.49. The van der Waals surface area contributed by atoms with Gasteiger partial charge in [-0.1, -0.05) is 29.8 Å². The average Bonchev–Trinajstić information content (AvgIpc) is 3.06. The van der Waals surface area contributed by atoms with Crippen molar-refractivity contribution in [3.05, 3.63) is 58.6 Å². The fourth-order valence-electron chi connectivity index (χ4n) is 6.41. The van der Waals surface area contributed by atoms with Gasteiger partial charge in [0.15, 0.2) is 0 Å². The Labute approximate surface area is 202 Å². The number of rotatable bonds is 3. The summed E-state index contributed by atoms with van der Waals surface area (Å²) in [5.74, 6) is -3.14. The van der Waals surface area contributed by atoms with E-state index >= 15 is 0 Å². The second-order valence-corrected chi connectivity index (χ2v) is 10.1. The quantitative estimate of drug-likeness (QED) is 0.389. The number of nitrogens with one attached hydrogen (secondary N) is 2. The van der Waals surface area contributed by atoms with Crippen LogP contribution in [0, 0.1) is 11.8 Å². The van der Waals surface area contributed by atoms with Gasteiger partial charge in [0.25, 0.3) is 0 Å². The first kappa shape index (κ1) is 23.1. The van der Waals surface area contributed by atoms with Gasteiger partial charge in [0.05, 0.1) is 24.7 Å². The van der Waals surface area contributed by atoms with Crippen molar-refractivity contribution in [3.8, 4) is 5.75 Å². The minimum atomic E-state index is -1.76. The molecule has 1 aliphatic carbocycles. The Hall–Kier alpha value is -2.65. The van der Waals surface area contributed by atoms with E-state index in [1.54, 1.807) is 25.1 Å². The lowest BCUT2D eigenvalue weighted by Gasteiger charge is -2.58. The number of anilines is 1. The molecule has 9 heteroatoms. The standard InChI is InChI=1S/C25H27ClN2O6/c1-4-33-22(30)19-20(28-32)17-13-7-5-6-8-16(13)34-24(2,3)18(17)21(29)25(19)14-11-12(26)9-10-15(14)27-23(25)31/h5-11,17-21,28-29,32H,4H2,1-3H3,(H,27,31)/t17-,18-,19-,20+,21+,25-/m1/s1. The molecule has 34 heavy (non-hydrogen) atoms. The van der Waals surface area contributed by atoms with Crippen molar-refractivity contribution in [3.63, 3.8) is 0 Å². The monoisotopic (exact) mass is 486 g/mol. The second kappa shape index (κ2) is 7.95. The third kappa shape index (κ3) is 2.95. The minimum Gasteiger partial charge on any atom is -0.487 e. The Morgan fingerprint density at radius 3 is 2.71 bits per heavy atom. The van der Waals surface area contributed by atoms with Crippen molar-refractivity contribution in [2.75, 3.05) is 11.9 Å². The van der Waals surface area contributed by atoms with Gasteiger partial charge in [-0.3, -0.25) is 9.59 Å². The topological polar surface area (TPSA) is 117 Å². The summed E-state index contributed by atoms with van der Waals surface area (Å²) < 4.78 is 11.7. The van der Waals surface area contributed by atoms with Crippen LogP contribution in [0.4, 0.5) is 5.69 Å². The van der Waals surface area contributed by atoms with Crippen molar-refractivity contribution >= 4 is 29.2 Å². The lowest BCUT2D eigenvalue weighted by molar-refractivity contribution is -0.183. The molecule has 0 saturated heterocycles. The van der Waals surface area contributed by atoms with E-state index in [2.05, 4.69) is 10.8 Å². The predicted molar refractivity (Wildman–Crippen MR) is 124 cm³/mol. The third-order valence-electron chi connectivity index (χ3n) is 7.62. The van der Waals surface area contributed by atoms with E-state index in [1.807, 2.05) is 38.1 Å². The molecule has 4 N–H and O–H groups in total. The number of carbonyl (C=O) groups excluding carboxylic acids is 2. The van der Waals surface area contributed by atoms with Crippen LogP contribution in [0.2, 0.25) is 5.02 Å². The molecule has 2 aromatic carbocycles. The summed E-state index contributed by atoms with van der Waals surface area (Å²) in [6, 6.07) is 11.2. The van der Waals surface area contributed by atoms with Crippen LogP contribution in [-0.4, -0.2) is 46.5 Å².